The van der Waals surface area contributed by atoms with Gasteiger partial charge in [-0.05, 0) is 25.5 Å². The van der Waals surface area contributed by atoms with E-state index in [9.17, 15) is 4.79 Å². The van der Waals surface area contributed by atoms with Gasteiger partial charge in [-0.15, -0.1) is 0 Å². The average molecular weight is 238 g/mol. The molecule has 0 aliphatic rings. The van der Waals surface area contributed by atoms with Crippen molar-refractivity contribution in [2.75, 3.05) is 32.2 Å². The minimum Gasteiger partial charge on any atom is -0.462 e. The lowest BCUT2D eigenvalue weighted by Crippen LogP contribution is -2.08. The number of esters is 1. The third-order valence-corrected chi connectivity index (χ3v) is 2.11. The molecule has 94 valence electrons. The van der Waals surface area contributed by atoms with E-state index in [0.717, 1.165) is 18.8 Å². The van der Waals surface area contributed by atoms with Crippen LogP contribution < -0.4 is 5.32 Å². The first-order chi connectivity index (χ1) is 8.27. The summed E-state index contributed by atoms with van der Waals surface area (Å²) in [6, 6.07) is 3.46. The maximum Gasteiger partial charge on any atom is 0.339 e. The van der Waals surface area contributed by atoms with Crippen LogP contribution in [0, 0.1) is 0 Å². The second-order valence-electron chi connectivity index (χ2n) is 3.43. The van der Waals surface area contributed by atoms with Crippen molar-refractivity contribution in [3.63, 3.8) is 0 Å². The number of carbonyl (C=O) groups is 1. The second-order valence-corrected chi connectivity index (χ2v) is 3.43. The van der Waals surface area contributed by atoms with Crippen molar-refractivity contribution in [2.45, 2.75) is 13.3 Å². The molecule has 5 nitrogen and oxygen atoms in total. The number of anilines is 1. The molecule has 0 saturated carbocycles. The van der Waals surface area contributed by atoms with Crippen LogP contribution in [0.15, 0.2) is 18.3 Å². The monoisotopic (exact) mass is 238 g/mol. The summed E-state index contributed by atoms with van der Waals surface area (Å²) in [6.07, 6.45) is 2.43. The molecule has 1 N–H and O–H groups in total. The van der Waals surface area contributed by atoms with Gasteiger partial charge in [0.05, 0.1) is 12.2 Å². The minimum atomic E-state index is -0.342. The lowest BCUT2D eigenvalue weighted by Gasteiger charge is -2.06. The van der Waals surface area contributed by atoms with Crippen LogP contribution >= 0.6 is 0 Å². The summed E-state index contributed by atoms with van der Waals surface area (Å²) in [5.74, 6) is 0.403. The SMILES string of the molecule is CCOC(=O)c1ccc(NCCCOC)nc1. The van der Waals surface area contributed by atoms with Crippen LogP contribution in [-0.2, 0) is 9.47 Å². The highest BCUT2D eigenvalue weighted by molar-refractivity contribution is 5.89. The van der Waals surface area contributed by atoms with Crippen LogP contribution in [-0.4, -0.2) is 37.8 Å². The maximum atomic E-state index is 11.4. The highest BCUT2D eigenvalue weighted by atomic mass is 16.5. The van der Waals surface area contributed by atoms with Crippen LogP contribution in [0.1, 0.15) is 23.7 Å². The third-order valence-electron chi connectivity index (χ3n) is 2.11. The summed E-state index contributed by atoms with van der Waals surface area (Å²) >= 11 is 0. The molecule has 0 fully saturated rings. The van der Waals surface area contributed by atoms with Crippen LogP contribution in [0.25, 0.3) is 0 Å². The average Bonchev–Trinajstić information content (AvgIpc) is 2.36. The zero-order valence-corrected chi connectivity index (χ0v) is 10.2. The molecule has 0 unspecified atom stereocenters. The zero-order valence-electron chi connectivity index (χ0n) is 10.2. The first-order valence-electron chi connectivity index (χ1n) is 5.64. The quantitative estimate of drug-likeness (QED) is 0.578. The van der Waals surface area contributed by atoms with Gasteiger partial charge in [0.25, 0.3) is 0 Å². The number of hydrogen-bond donors (Lipinski definition) is 1. The molecule has 5 heteroatoms. The van der Waals surface area contributed by atoms with Gasteiger partial charge in [-0.25, -0.2) is 9.78 Å². The lowest BCUT2D eigenvalue weighted by molar-refractivity contribution is 0.0526. The Hall–Kier alpha value is -1.62. The van der Waals surface area contributed by atoms with Crippen molar-refractivity contribution in [2.24, 2.45) is 0 Å². The van der Waals surface area contributed by atoms with Crippen molar-refractivity contribution >= 4 is 11.8 Å². The van der Waals surface area contributed by atoms with Gasteiger partial charge in [-0.2, -0.15) is 0 Å². The molecule has 0 aliphatic heterocycles. The molecule has 0 spiro atoms. The number of nitrogens with zero attached hydrogens (tertiary/aromatic N) is 1. The van der Waals surface area contributed by atoms with E-state index >= 15 is 0 Å². The van der Waals surface area contributed by atoms with Gasteiger partial charge < -0.3 is 14.8 Å². The number of ether oxygens (including phenoxy) is 2. The summed E-state index contributed by atoms with van der Waals surface area (Å²) in [5.41, 5.74) is 0.467. The summed E-state index contributed by atoms with van der Waals surface area (Å²) in [4.78, 5) is 15.5. The van der Waals surface area contributed by atoms with E-state index < -0.39 is 0 Å². The Morgan fingerprint density at radius 1 is 1.47 bits per heavy atom. The second kappa shape index (κ2) is 7.62. The Bertz CT molecular complexity index is 338. The topological polar surface area (TPSA) is 60.5 Å². The number of nitrogens with one attached hydrogen (secondary N) is 1. The third kappa shape index (κ3) is 4.82. The highest BCUT2D eigenvalue weighted by Gasteiger charge is 2.05. The molecule has 0 bridgehead atoms. The van der Waals surface area contributed by atoms with Crippen molar-refractivity contribution in [3.8, 4) is 0 Å². The molecule has 0 saturated heterocycles. The number of methoxy groups -OCH3 is 1. The van der Waals surface area contributed by atoms with Gasteiger partial charge in [0.2, 0.25) is 0 Å². The molecule has 0 aliphatic carbocycles. The Labute approximate surface area is 101 Å². The number of aromatic nitrogens is 1. The summed E-state index contributed by atoms with van der Waals surface area (Å²) < 4.78 is 9.80. The molecule has 1 heterocycles. The predicted molar refractivity (Wildman–Crippen MR) is 65.2 cm³/mol. The summed E-state index contributed by atoms with van der Waals surface area (Å²) in [5, 5.41) is 3.13. The molecule has 0 amide bonds. The van der Waals surface area contributed by atoms with Gasteiger partial charge in [-0.1, -0.05) is 0 Å². The molecule has 1 rings (SSSR count). The van der Waals surface area contributed by atoms with E-state index in [1.807, 2.05) is 0 Å². The minimum absolute atomic E-state index is 0.342. The zero-order chi connectivity index (χ0) is 12.5. The maximum absolute atomic E-state index is 11.4. The first-order valence-corrected chi connectivity index (χ1v) is 5.64. The number of carbonyl (C=O) groups excluding carboxylic acids is 1. The normalized spacial score (nSPS) is 10.0. The van der Waals surface area contributed by atoms with Gasteiger partial charge in [0, 0.05) is 26.5 Å². The Balaban J connectivity index is 2.42. The van der Waals surface area contributed by atoms with E-state index in [1.165, 1.54) is 6.20 Å². The van der Waals surface area contributed by atoms with E-state index in [2.05, 4.69) is 10.3 Å². The Morgan fingerprint density at radius 2 is 2.29 bits per heavy atom. The molecule has 1 aromatic rings. The highest BCUT2D eigenvalue weighted by Crippen LogP contribution is 2.06. The van der Waals surface area contributed by atoms with Crippen LogP contribution in [0.5, 0.6) is 0 Å². The largest absolute Gasteiger partial charge is 0.462 e. The fraction of sp³-hybridized carbons (Fsp3) is 0.500. The van der Waals surface area contributed by atoms with E-state index in [1.54, 1.807) is 26.2 Å². The predicted octanol–water partition coefficient (Wildman–Crippen LogP) is 1.71. The molecular weight excluding hydrogens is 220 g/mol. The molecular formula is C12H18N2O3. The molecule has 0 aromatic carbocycles. The molecule has 0 radical (unpaired) electrons. The van der Waals surface area contributed by atoms with Crippen molar-refractivity contribution < 1.29 is 14.3 Å². The fourth-order valence-electron chi connectivity index (χ4n) is 1.27. The molecule has 17 heavy (non-hydrogen) atoms. The molecule has 1 aromatic heterocycles. The van der Waals surface area contributed by atoms with Gasteiger partial charge >= 0.3 is 5.97 Å². The van der Waals surface area contributed by atoms with Gasteiger partial charge in [-0.3, -0.25) is 0 Å². The van der Waals surface area contributed by atoms with Gasteiger partial charge in [0.1, 0.15) is 5.82 Å². The van der Waals surface area contributed by atoms with Crippen LogP contribution in [0.2, 0.25) is 0 Å². The fourth-order valence-corrected chi connectivity index (χ4v) is 1.27. The number of hydrogen-bond acceptors (Lipinski definition) is 5. The summed E-state index contributed by atoms with van der Waals surface area (Å²) in [7, 11) is 1.67. The van der Waals surface area contributed by atoms with E-state index in [0.29, 0.717) is 18.8 Å². The number of rotatable bonds is 7. The van der Waals surface area contributed by atoms with Crippen LogP contribution in [0.3, 0.4) is 0 Å². The summed E-state index contributed by atoms with van der Waals surface area (Å²) in [6.45, 7) is 3.65. The molecule has 0 atom stereocenters. The van der Waals surface area contributed by atoms with Crippen LogP contribution in [0.4, 0.5) is 5.82 Å². The lowest BCUT2D eigenvalue weighted by atomic mass is 10.3. The van der Waals surface area contributed by atoms with E-state index in [-0.39, 0.29) is 5.97 Å². The Kier molecular flexibility index (Phi) is 6.03. The van der Waals surface area contributed by atoms with Crippen molar-refractivity contribution in [1.29, 1.82) is 0 Å². The standard InChI is InChI=1S/C12H18N2O3/c1-3-17-12(15)10-5-6-11(14-9-10)13-7-4-8-16-2/h5-6,9H,3-4,7-8H2,1-2H3,(H,13,14). The number of pyridine rings is 1. The first kappa shape index (κ1) is 13.4. The smallest absolute Gasteiger partial charge is 0.339 e. The van der Waals surface area contributed by atoms with Crippen molar-refractivity contribution in [3.05, 3.63) is 23.9 Å². The van der Waals surface area contributed by atoms with Crippen molar-refractivity contribution in [1.82, 2.24) is 4.98 Å². The van der Waals surface area contributed by atoms with E-state index in [4.69, 9.17) is 9.47 Å². The Morgan fingerprint density at radius 3 is 2.88 bits per heavy atom. The van der Waals surface area contributed by atoms with Gasteiger partial charge in [0.15, 0.2) is 0 Å².